The summed E-state index contributed by atoms with van der Waals surface area (Å²) in [5, 5.41) is 7.41. The van der Waals surface area contributed by atoms with Crippen molar-refractivity contribution in [3.05, 3.63) is 11.9 Å². The zero-order valence-electron chi connectivity index (χ0n) is 12.1. The number of aromatic nitrogens is 2. The van der Waals surface area contributed by atoms with Crippen molar-refractivity contribution in [2.45, 2.75) is 31.1 Å². The third-order valence-electron chi connectivity index (χ3n) is 4.88. The number of aryl methyl sites for hydroxylation is 1. The van der Waals surface area contributed by atoms with Gasteiger partial charge in [0.1, 0.15) is 4.90 Å². The normalized spacial score (nSPS) is 23.5. The zero-order chi connectivity index (χ0) is 14.4. The van der Waals surface area contributed by atoms with Gasteiger partial charge in [0.25, 0.3) is 0 Å². The highest BCUT2D eigenvalue weighted by molar-refractivity contribution is 7.89. The Morgan fingerprint density at radius 3 is 2.60 bits per heavy atom. The fourth-order valence-electron chi connectivity index (χ4n) is 3.34. The first-order chi connectivity index (χ1) is 9.45. The highest BCUT2D eigenvalue weighted by Crippen LogP contribution is 2.40. The lowest BCUT2D eigenvalue weighted by Crippen LogP contribution is -2.39. The largest absolute Gasteiger partial charge is 0.317 e. The van der Waals surface area contributed by atoms with Crippen LogP contribution in [0.25, 0.3) is 0 Å². The van der Waals surface area contributed by atoms with E-state index in [1.807, 2.05) is 0 Å². The van der Waals surface area contributed by atoms with Gasteiger partial charge in [-0.15, -0.1) is 0 Å². The van der Waals surface area contributed by atoms with Crippen LogP contribution in [0.3, 0.4) is 0 Å². The molecule has 7 heteroatoms. The molecule has 2 aliphatic rings. The van der Waals surface area contributed by atoms with Gasteiger partial charge in [-0.05, 0) is 44.7 Å². The first kappa shape index (κ1) is 14.0. The van der Waals surface area contributed by atoms with Crippen molar-refractivity contribution in [1.82, 2.24) is 19.4 Å². The van der Waals surface area contributed by atoms with Crippen LogP contribution >= 0.6 is 0 Å². The molecule has 1 aromatic rings. The van der Waals surface area contributed by atoms with E-state index in [0.717, 1.165) is 32.4 Å². The fourth-order valence-corrected chi connectivity index (χ4v) is 5.07. The summed E-state index contributed by atoms with van der Waals surface area (Å²) in [5.41, 5.74) is 0.894. The average Bonchev–Trinajstić information content (AvgIpc) is 2.97. The van der Waals surface area contributed by atoms with Crippen LogP contribution in [0.1, 0.15) is 25.0 Å². The predicted molar refractivity (Wildman–Crippen MR) is 75.9 cm³/mol. The molecule has 0 radical (unpaired) electrons. The van der Waals surface area contributed by atoms with E-state index in [4.69, 9.17) is 0 Å². The third-order valence-corrected chi connectivity index (χ3v) is 6.82. The molecule has 3 rings (SSSR count). The summed E-state index contributed by atoms with van der Waals surface area (Å²) < 4.78 is 28.8. The summed E-state index contributed by atoms with van der Waals surface area (Å²) in [5.74, 6) is 0. The summed E-state index contributed by atoms with van der Waals surface area (Å²) in [6.07, 6.45) is 4.60. The molecule has 1 aromatic heterocycles. The summed E-state index contributed by atoms with van der Waals surface area (Å²) in [7, 11) is -1.62. The van der Waals surface area contributed by atoms with Crippen molar-refractivity contribution < 1.29 is 8.42 Å². The number of rotatable bonds is 2. The predicted octanol–water partition coefficient (Wildman–Crippen LogP) is 0.493. The van der Waals surface area contributed by atoms with E-state index in [1.165, 1.54) is 6.20 Å². The minimum atomic E-state index is -3.39. The van der Waals surface area contributed by atoms with Crippen molar-refractivity contribution in [1.29, 1.82) is 0 Å². The molecule has 2 aliphatic heterocycles. The first-order valence-electron chi connectivity index (χ1n) is 7.14. The maximum atomic E-state index is 12.8. The summed E-state index contributed by atoms with van der Waals surface area (Å²) in [6, 6.07) is 0. The van der Waals surface area contributed by atoms with E-state index >= 15 is 0 Å². The Morgan fingerprint density at radius 2 is 2.00 bits per heavy atom. The Morgan fingerprint density at radius 1 is 1.30 bits per heavy atom. The van der Waals surface area contributed by atoms with Gasteiger partial charge in [0, 0.05) is 20.1 Å². The molecule has 3 heterocycles. The fraction of sp³-hybridized carbons (Fsp3) is 0.769. The van der Waals surface area contributed by atoms with Crippen LogP contribution < -0.4 is 5.32 Å². The molecule has 0 bridgehead atoms. The van der Waals surface area contributed by atoms with Gasteiger partial charge in [-0.25, -0.2) is 8.42 Å². The van der Waals surface area contributed by atoms with E-state index in [2.05, 4.69) is 10.4 Å². The number of sulfonamides is 1. The van der Waals surface area contributed by atoms with Crippen LogP contribution in [0.15, 0.2) is 11.1 Å². The molecule has 1 N–H and O–H groups in total. The molecule has 20 heavy (non-hydrogen) atoms. The van der Waals surface area contributed by atoms with Gasteiger partial charge in [-0.3, -0.25) is 4.68 Å². The van der Waals surface area contributed by atoms with Crippen LogP contribution in [0, 0.1) is 12.3 Å². The lowest BCUT2D eigenvalue weighted by Gasteiger charge is -2.33. The second kappa shape index (κ2) is 4.82. The standard InChI is InChI=1S/C13H22N4O2S/c1-11-12(9-15-16(11)2)20(18,19)17-8-5-13(10-17)3-6-14-7-4-13/h9,14H,3-8,10H2,1-2H3. The first-order valence-corrected chi connectivity index (χ1v) is 8.58. The lowest BCUT2D eigenvalue weighted by molar-refractivity contribution is 0.218. The van der Waals surface area contributed by atoms with Crippen molar-refractivity contribution in [2.75, 3.05) is 26.2 Å². The molecule has 0 atom stereocenters. The van der Waals surface area contributed by atoms with Crippen LogP contribution in [0.2, 0.25) is 0 Å². The molecule has 0 unspecified atom stereocenters. The van der Waals surface area contributed by atoms with Crippen molar-refractivity contribution in [2.24, 2.45) is 12.5 Å². The smallest absolute Gasteiger partial charge is 0.246 e. The lowest BCUT2D eigenvalue weighted by atomic mass is 9.78. The molecule has 2 saturated heterocycles. The second-order valence-electron chi connectivity index (χ2n) is 6.06. The maximum Gasteiger partial charge on any atom is 0.246 e. The monoisotopic (exact) mass is 298 g/mol. The molecule has 0 aliphatic carbocycles. The summed E-state index contributed by atoms with van der Waals surface area (Å²) >= 11 is 0. The van der Waals surface area contributed by atoms with Crippen molar-refractivity contribution >= 4 is 10.0 Å². The molecule has 0 aromatic carbocycles. The number of hydrogen-bond donors (Lipinski definition) is 1. The Hall–Kier alpha value is -0.920. The zero-order valence-corrected chi connectivity index (χ0v) is 12.9. The Labute approximate surface area is 120 Å². The van der Waals surface area contributed by atoms with Crippen molar-refractivity contribution in [3.63, 3.8) is 0 Å². The highest BCUT2D eigenvalue weighted by atomic mass is 32.2. The van der Waals surface area contributed by atoms with E-state index in [1.54, 1.807) is 23.0 Å². The molecule has 0 saturated carbocycles. The average molecular weight is 298 g/mol. The van der Waals surface area contributed by atoms with Gasteiger partial charge in [-0.2, -0.15) is 9.40 Å². The SMILES string of the molecule is Cc1c(S(=O)(=O)N2CCC3(CCNCC3)C2)cnn1C. The van der Waals surface area contributed by atoms with E-state index in [0.29, 0.717) is 23.7 Å². The number of nitrogens with one attached hydrogen (secondary N) is 1. The summed E-state index contributed by atoms with van der Waals surface area (Å²) in [4.78, 5) is 0.353. The quantitative estimate of drug-likeness (QED) is 0.863. The Kier molecular flexibility index (Phi) is 3.38. The second-order valence-corrected chi connectivity index (χ2v) is 7.96. The molecular formula is C13H22N4O2S. The molecule has 6 nitrogen and oxygen atoms in total. The van der Waals surface area contributed by atoms with E-state index in [9.17, 15) is 8.42 Å². The van der Waals surface area contributed by atoms with Crippen LogP contribution in [-0.4, -0.2) is 48.7 Å². The van der Waals surface area contributed by atoms with Gasteiger partial charge < -0.3 is 5.32 Å². The maximum absolute atomic E-state index is 12.8. The highest BCUT2D eigenvalue weighted by Gasteiger charge is 2.43. The van der Waals surface area contributed by atoms with Gasteiger partial charge in [0.15, 0.2) is 0 Å². The van der Waals surface area contributed by atoms with Crippen LogP contribution in [0.5, 0.6) is 0 Å². The molecule has 2 fully saturated rings. The minimum Gasteiger partial charge on any atom is -0.317 e. The van der Waals surface area contributed by atoms with Gasteiger partial charge >= 0.3 is 0 Å². The van der Waals surface area contributed by atoms with E-state index in [-0.39, 0.29) is 5.41 Å². The Bertz CT molecular complexity index is 602. The van der Waals surface area contributed by atoms with Gasteiger partial charge in [-0.1, -0.05) is 0 Å². The van der Waals surface area contributed by atoms with Crippen LogP contribution in [-0.2, 0) is 17.1 Å². The van der Waals surface area contributed by atoms with Gasteiger partial charge in [0.2, 0.25) is 10.0 Å². The molecule has 0 amide bonds. The number of hydrogen-bond acceptors (Lipinski definition) is 4. The van der Waals surface area contributed by atoms with Crippen molar-refractivity contribution in [3.8, 4) is 0 Å². The summed E-state index contributed by atoms with van der Waals surface area (Å²) in [6.45, 7) is 5.10. The molecule has 1 spiro atoms. The molecular weight excluding hydrogens is 276 g/mol. The number of piperidine rings is 1. The topological polar surface area (TPSA) is 67.2 Å². The van der Waals surface area contributed by atoms with Crippen LogP contribution in [0.4, 0.5) is 0 Å². The minimum absolute atomic E-state index is 0.189. The Balaban J connectivity index is 1.85. The van der Waals surface area contributed by atoms with Gasteiger partial charge in [0.05, 0.1) is 11.9 Å². The third kappa shape index (κ3) is 2.17. The van der Waals surface area contributed by atoms with E-state index < -0.39 is 10.0 Å². The molecule has 112 valence electrons. The number of nitrogens with zero attached hydrogens (tertiary/aromatic N) is 3.